The lowest BCUT2D eigenvalue weighted by molar-refractivity contribution is -0.383. The van der Waals surface area contributed by atoms with E-state index < -0.39 is 10.8 Å². The molecule has 0 radical (unpaired) electrons. The van der Waals surface area contributed by atoms with E-state index in [1.54, 1.807) is 24.3 Å². The van der Waals surface area contributed by atoms with Gasteiger partial charge in [-0.1, -0.05) is 29.8 Å². The van der Waals surface area contributed by atoms with Crippen molar-refractivity contribution in [1.82, 2.24) is 25.6 Å². The van der Waals surface area contributed by atoms with Crippen LogP contribution in [-0.2, 0) is 0 Å². The van der Waals surface area contributed by atoms with E-state index in [-0.39, 0.29) is 22.6 Å². The van der Waals surface area contributed by atoms with Crippen LogP contribution in [0.3, 0.4) is 0 Å². The third-order valence-electron chi connectivity index (χ3n) is 4.13. The number of nitrogens with one attached hydrogen (secondary N) is 1. The zero-order valence-electron chi connectivity index (χ0n) is 14.0. The molecule has 4 rings (SSSR count). The van der Waals surface area contributed by atoms with Crippen molar-refractivity contribution in [3.8, 4) is 11.3 Å². The van der Waals surface area contributed by atoms with Crippen molar-refractivity contribution in [3.63, 3.8) is 0 Å². The van der Waals surface area contributed by atoms with Crippen molar-refractivity contribution in [3.05, 3.63) is 63.6 Å². The first kappa shape index (κ1) is 17.6. The minimum Gasteiger partial charge on any atom is -0.289 e. The fraction of sp³-hybridized carbons (Fsp3) is 0. The highest BCUT2D eigenvalue weighted by molar-refractivity contribution is 6.33. The number of nitro benzene ring substituents is 1. The number of rotatable bonds is 3. The normalized spacial score (nSPS) is 10.9. The zero-order valence-corrected chi connectivity index (χ0v) is 14.7. The van der Waals surface area contributed by atoms with Gasteiger partial charge in [0.05, 0.1) is 33.9 Å². The summed E-state index contributed by atoms with van der Waals surface area (Å²) >= 11 is 6.32. The van der Waals surface area contributed by atoms with E-state index in [1.807, 2.05) is 5.43 Å². The Morgan fingerprint density at radius 3 is 2.68 bits per heavy atom. The van der Waals surface area contributed by atoms with Gasteiger partial charge >= 0.3 is 0 Å². The summed E-state index contributed by atoms with van der Waals surface area (Å²) in [6.45, 7) is 0. The van der Waals surface area contributed by atoms with E-state index in [4.69, 9.17) is 17.4 Å². The van der Waals surface area contributed by atoms with E-state index in [0.717, 1.165) is 0 Å². The number of benzene rings is 2. The number of non-ortho nitro benzene ring substituents is 1. The second-order valence-corrected chi connectivity index (χ2v) is 6.12. The molecule has 4 aromatic rings. The van der Waals surface area contributed by atoms with Crippen molar-refractivity contribution in [2.24, 2.45) is 5.84 Å². The standard InChI is InChI=1S/C17H10ClN7O3/c18-11-4-2-1-3-8(11)15-9-5-13(25(27)28)16-10(6-21-24-16)14(9)20-7-12(22-15)17(26)23-19/h1-7H,19H2,(H,23,26). The van der Waals surface area contributed by atoms with Gasteiger partial charge in [-0.2, -0.15) is 5.10 Å². The lowest BCUT2D eigenvalue weighted by atomic mass is 10.0. The van der Waals surface area contributed by atoms with E-state index >= 15 is 0 Å². The number of carbonyl (C=O) groups is 1. The number of hydrogen-bond donors (Lipinski definition) is 2. The average Bonchev–Trinajstić information content (AvgIpc) is 3.10. The minimum absolute atomic E-state index is 0.0862. The molecule has 0 spiro atoms. The van der Waals surface area contributed by atoms with Gasteiger partial charge < -0.3 is 0 Å². The second-order valence-electron chi connectivity index (χ2n) is 5.71. The van der Waals surface area contributed by atoms with Crippen molar-refractivity contribution >= 4 is 45.0 Å². The number of aromatic nitrogens is 4. The summed E-state index contributed by atoms with van der Waals surface area (Å²) < 4.78 is 0. The number of nitrogens with zero attached hydrogens (tertiary/aromatic N) is 5. The second kappa shape index (κ2) is 6.76. The highest BCUT2D eigenvalue weighted by Crippen LogP contribution is 2.36. The summed E-state index contributed by atoms with van der Waals surface area (Å²) in [7, 11) is 0. The Morgan fingerprint density at radius 2 is 1.96 bits per heavy atom. The average molecular weight is 396 g/mol. The lowest BCUT2D eigenvalue weighted by Crippen LogP contribution is -2.30. The summed E-state index contributed by atoms with van der Waals surface area (Å²) in [5.41, 5.74) is 2.79. The number of nitro groups is 1. The van der Waals surface area contributed by atoms with Gasteiger partial charge in [0.1, 0.15) is 5.69 Å². The number of fused-ring (bicyclic) bond motifs is 3. The third-order valence-corrected chi connectivity index (χ3v) is 4.46. The van der Waals surface area contributed by atoms with Gasteiger partial charge in [-0.3, -0.25) is 25.3 Å². The third kappa shape index (κ3) is 2.76. The molecule has 28 heavy (non-hydrogen) atoms. The fourth-order valence-electron chi connectivity index (χ4n) is 2.88. The maximum absolute atomic E-state index is 12.1. The van der Waals surface area contributed by atoms with Crippen LogP contribution in [0.2, 0.25) is 5.02 Å². The van der Waals surface area contributed by atoms with Crippen LogP contribution in [-0.4, -0.2) is 31.0 Å². The van der Waals surface area contributed by atoms with Crippen LogP contribution in [0.1, 0.15) is 10.5 Å². The molecule has 3 N–H and O–H groups in total. The smallest absolute Gasteiger partial charge is 0.289 e. The van der Waals surface area contributed by atoms with E-state index in [0.29, 0.717) is 26.9 Å². The predicted octanol–water partition coefficient (Wildman–Crippen LogP) is 2.41. The maximum Gasteiger partial charge on any atom is 0.298 e. The Kier molecular flexibility index (Phi) is 4.26. The molecule has 0 bridgehead atoms. The number of carbonyl (C=O) groups excluding carboxylic acids is 1. The Hall–Kier alpha value is -3.76. The summed E-state index contributed by atoms with van der Waals surface area (Å²) in [6.07, 6.45) is 2.60. The van der Waals surface area contributed by atoms with Crippen molar-refractivity contribution in [1.29, 1.82) is 0 Å². The first-order valence-electron chi connectivity index (χ1n) is 7.86. The molecule has 0 aliphatic heterocycles. The summed E-state index contributed by atoms with van der Waals surface area (Å²) in [4.78, 5) is 31.7. The molecule has 0 saturated heterocycles. The van der Waals surface area contributed by atoms with Gasteiger partial charge in [-0.05, 0) is 6.07 Å². The lowest BCUT2D eigenvalue weighted by Gasteiger charge is -2.05. The van der Waals surface area contributed by atoms with Gasteiger partial charge in [-0.25, -0.2) is 10.8 Å². The van der Waals surface area contributed by atoms with Crippen molar-refractivity contribution in [2.75, 3.05) is 0 Å². The Labute approximate surface area is 161 Å². The first-order valence-corrected chi connectivity index (χ1v) is 8.24. The Balaban J connectivity index is 2.24. The van der Waals surface area contributed by atoms with Gasteiger partial charge in [0, 0.05) is 22.0 Å². The number of amides is 1. The quantitative estimate of drug-likeness (QED) is 0.232. The van der Waals surface area contributed by atoms with E-state index in [1.165, 1.54) is 18.5 Å². The molecule has 2 aromatic carbocycles. The van der Waals surface area contributed by atoms with Crippen molar-refractivity contribution < 1.29 is 9.72 Å². The largest absolute Gasteiger partial charge is 0.298 e. The van der Waals surface area contributed by atoms with Crippen LogP contribution in [0.15, 0.2) is 42.7 Å². The molecular formula is C17H10ClN7O3. The highest BCUT2D eigenvalue weighted by atomic mass is 35.5. The molecule has 0 unspecified atom stereocenters. The van der Waals surface area contributed by atoms with Crippen LogP contribution >= 0.6 is 11.6 Å². The predicted molar refractivity (Wildman–Crippen MR) is 101 cm³/mol. The Morgan fingerprint density at radius 1 is 1.18 bits per heavy atom. The van der Waals surface area contributed by atoms with Gasteiger partial charge in [0.25, 0.3) is 11.6 Å². The van der Waals surface area contributed by atoms with Crippen LogP contribution < -0.4 is 11.3 Å². The molecule has 2 heterocycles. The molecule has 0 atom stereocenters. The van der Waals surface area contributed by atoms with Gasteiger partial charge in [-0.15, -0.1) is 5.10 Å². The number of hydrogen-bond acceptors (Lipinski definition) is 8. The van der Waals surface area contributed by atoms with Crippen molar-refractivity contribution in [2.45, 2.75) is 0 Å². The monoisotopic (exact) mass is 395 g/mol. The molecule has 138 valence electrons. The maximum atomic E-state index is 12.1. The number of nitrogens with two attached hydrogens (primary N) is 1. The fourth-order valence-corrected chi connectivity index (χ4v) is 3.10. The molecule has 1 amide bonds. The Bertz CT molecular complexity index is 1280. The van der Waals surface area contributed by atoms with Crippen LogP contribution in [0, 0.1) is 10.1 Å². The molecule has 10 nitrogen and oxygen atoms in total. The minimum atomic E-state index is -0.675. The first-order chi connectivity index (χ1) is 13.5. The number of hydrazine groups is 1. The van der Waals surface area contributed by atoms with E-state index in [9.17, 15) is 14.9 Å². The topological polar surface area (TPSA) is 150 Å². The molecule has 2 aromatic heterocycles. The number of halogens is 1. The number of nitrogen functional groups attached to an aromatic ring is 1. The van der Waals surface area contributed by atoms with Crippen LogP contribution in [0.5, 0.6) is 0 Å². The van der Waals surface area contributed by atoms with E-state index in [2.05, 4.69) is 20.2 Å². The van der Waals surface area contributed by atoms with Gasteiger partial charge in [0.15, 0.2) is 5.52 Å². The molecule has 0 fully saturated rings. The summed E-state index contributed by atoms with van der Waals surface area (Å²) in [6, 6.07) is 8.10. The highest BCUT2D eigenvalue weighted by Gasteiger charge is 2.22. The molecular weight excluding hydrogens is 386 g/mol. The summed E-state index contributed by atoms with van der Waals surface area (Å²) in [5, 5.41) is 20.2. The molecule has 0 aliphatic rings. The van der Waals surface area contributed by atoms with Crippen LogP contribution in [0.4, 0.5) is 5.69 Å². The van der Waals surface area contributed by atoms with Crippen LogP contribution in [0.25, 0.3) is 33.1 Å². The molecule has 0 saturated carbocycles. The van der Waals surface area contributed by atoms with Gasteiger partial charge in [0.2, 0.25) is 0 Å². The SMILES string of the molecule is NNC(=O)c1cnc2c(cc([N+](=O)[O-])c3nncc32)c(-c2ccccc2Cl)n1. The molecule has 11 heteroatoms. The zero-order chi connectivity index (χ0) is 19.8. The summed E-state index contributed by atoms with van der Waals surface area (Å²) in [5.74, 6) is 4.55. The molecule has 0 aliphatic carbocycles.